The van der Waals surface area contributed by atoms with E-state index in [1.807, 2.05) is 6.07 Å². The SMILES string of the molecule is CCN1CCN(CC(=O)N2N=C(c3ccc(C)cc3C)C[C@H]2c2ccccc2F)CC1. The number of carbonyl (C=O) groups is 1. The van der Waals surface area contributed by atoms with Crippen LogP contribution in [0.1, 0.15) is 41.6 Å². The van der Waals surface area contributed by atoms with E-state index in [-0.39, 0.29) is 11.7 Å². The Morgan fingerprint density at radius 3 is 2.45 bits per heavy atom. The molecular weight excluding hydrogens is 391 g/mol. The minimum Gasteiger partial charge on any atom is -0.301 e. The molecular formula is C25H31FN4O. The molecule has 0 aliphatic carbocycles. The van der Waals surface area contributed by atoms with Crippen molar-refractivity contribution in [2.75, 3.05) is 39.3 Å². The lowest BCUT2D eigenvalue weighted by molar-refractivity contribution is -0.134. The fourth-order valence-electron chi connectivity index (χ4n) is 4.56. The van der Waals surface area contributed by atoms with Crippen LogP contribution >= 0.6 is 0 Å². The maximum absolute atomic E-state index is 14.7. The summed E-state index contributed by atoms with van der Waals surface area (Å²) in [6.07, 6.45) is 0.514. The first-order valence-corrected chi connectivity index (χ1v) is 11.1. The third-order valence-corrected chi connectivity index (χ3v) is 6.39. The number of benzene rings is 2. The van der Waals surface area contributed by atoms with Crippen LogP contribution in [0, 0.1) is 19.7 Å². The zero-order chi connectivity index (χ0) is 22.0. The van der Waals surface area contributed by atoms with E-state index in [0.29, 0.717) is 18.5 Å². The minimum absolute atomic E-state index is 0.0713. The van der Waals surface area contributed by atoms with Gasteiger partial charge in [-0.3, -0.25) is 9.69 Å². The Morgan fingerprint density at radius 1 is 1.06 bits per heavy atom. The van der Waals surface area contributed by atoms with Crippen LogP contribution in [-0.2, 0) is 4.79 Å². The molecule has 1 amide bonds. The van der Waals surface area contributed by atoms with Crippen molar-refractivity contribution in [1.82, 2.24) is 14.8 Å². The van der Waals surface area contributed by atoms with Crippen LogP contribution in [0.15, 0.2) is 47.6 Å². The third kappa shape index (κ3) is 4.70. The number of hydrazone groups is 1. The molecule has 1 saturated heterocycles. The van der Waals surface area contributed by atoms with Crippen LogP contribution in [0.4, 0.5) is 4.39 Å². The maximum atomic E-state index is 14.7. The normalized spacial score (nSPS) is 20.2. The van der Waals surface area contributed by atoms with Crippen LogP contribution in [0.2, 0.25) is 0 Å². The number of halogens is 1. The molecule has 0 bridgehead atoms. The Kier molecular flexibility index (Phi) is 6.49. The molecule has 1 fully saturated rings. The summed E-state index contributed by atoms with van der Waals surface area (Å²) in [5, 5.41) is 6.27. The Bertz CT molecular complexity index is 981. The van der Waals surface area contributed by atoms with Gasteiger partial charge in [0.2, 0.25) is 0 Å². The van der Waals surface area contributed by atoms with Gasteiger partial charge in [0.25, 0.3) is 5.91 Å². The molecule has 0 N–H and O–H groups in total. The van der Waals surface area contributed by atoms with Crippen molar-refractivity contribution in [3.05, 3.63) is 70.5 Å². The van der Waals surface area contributed by atoms with Gasteiger partial charge in [-0.15, -0.1) is 0 Å². The van der Waals surface area contributed by atoms with Crippen molar-refractivity contribution in [3.8, 4) is 0 Å². The van der Waals surface area contributed by atoms with E-state index in [0.717, 1.165) is 49.6 Å². The number of carbonyl (C=O) groups excluding carboxylic acids is 1. The van der Waals surface area contributed by atoms with Gasteiger partial charge in [-0.25, -0.2) is 9.40 Å². The van der Waals surface area contributed by atoms with Crippen molar-refractivity contribution >= 4 is 11.6 Å². The highest BCUT2D eigenvalue weighted by atomic mass is 19.1. The molecule has 2 aromatic carbocycles. The van der Waals surface area contributed by atoms with Gasteiger partial charge in [-0.05, 0) is 32.0 Å². The number of hydrogen-bond acceptors (Lipinski definition) is 4. The second-order valence-electron chi connectivity index (χ2n) is 8.56. The number of amides is 1. The lowest BCUT2D eigenvalue weighted by Crippen LogP contribution is -2.49. The summed E-state index contributed by atoms with van der Waals surface area (Å²) >= 11 is 0. The molecule has 2 heterocycles. The van der Waals surface area contributed by atoms with E-state index in [2.05, 4.69) is 48.8 Å². The molecule has 0 radical (unpaired) electrons. The molecule has 5 nitrogen and oxygen atoms in total. The summed E-state index contributed by atoms with van der Waals surface area (Å²) < 4.78 is 14.7. The van der Waals surface area contributed by atoms with E-state index in [1.165, 1.54) is 16.6 Å². The van der Waals surface area contributed by atoms with Gasteiger partial charge in [0.05, 0.1) is 18.3 Å². The molecule has 2 aliphatic rings. The first-order chi connectivity index (χ1) is 15.0. The van der Waals surface area contributed by atoms with E-state index in [9.17, 15) is 9.18 Å². The summed E-state index contributed by atoms with van der Waals surface area (Å²) in [6.45, 7) is 11.3. The molecule has 2 aliphatic heterocycles. The molecule has 164 valence electrons. The van der Waals surface area contributed by atoms with Crippen LogP contribution in [0.25, 0.3) is 0 Å². The smallest absolute Gasteiger partial charge is 0.257 e. The lowest BCUT2D eigenvalue weighted by Gasteiger charge is -2.34. The van der Waals surface area contributed by atoms with Gasteiger partial charge in [0, 0.05) is 43.7 Å². The Hall–Kier alpha value is -2.57. The second kappa shape index (κ2) is 9.28. The number of hydrogen-bond donors (Lipinski definition) is 0. The fourth-order valence-corrected chi connectivity index (χ4v) is 4.56. The maximum Gasteiger partial charge on any atom is 0.257 e. The second-order valence-corrected chi connectivity index (χ2v) is 8.56. The van der Waals surface area contributed by atoms with Gasteiger partial charge in [-0.1, -0.05) is 48.9 Å². The van der Waals surface area contributed by atoms with Crippen molar-refractivity contribution in [2.45, 2.75) is 33.2 Å². The number of rotatable bonds is 5. The topological polar surface area (TPSA) is 39.1 Å². The average Bonchev–Trinajstić information content (AvgIpc) is 3.19. The Morgan fingerprint density at radius 2 is 1.77 bits per heavy atom. The highest BCUT2D eigenvalue weighted by Gasteiger charge is 2.35. The van der Waals surface area contributed by atoms with Crippen molar-refractivity contribution in [3.63, 3.8) is 0 Å². The summed E-state index contributed by atoms with van der Waals surface area (Å²) in [4.78, 5) is 17.9. The zero-order valence-corrected chi connectivity index (χ0v) is 18.6. The molecule has 0 unspecified atom stereocenters. The van der Waals surface area contributed by atoms with E-state index < -0.39 is 6.04 Å². The molecule has 31 heavy (non-hydrogen) atoms. The first kappa shape index (κ1) is 21.7. The molecule has 6 heteroatoms. The molecule has 0 aromatic heterocycles. The number of piperazine rings is 1. The van der Waals surface area contributed by atoms with Crippen LogP contribution in [-0.4, -0.2) is 65.7 Å². The van der Waals surface area contributed by atoms with Crippen LogP contribution in [0.3, 0.4) is 0 Å². The van der Waals surface area contributed by atoms with Crippen molar-refractivity contribution < 1.29 is 9.18 Å². The molecule has 4 rings (SSSR count). The molecule has 0 spiro atoms. The zero-order valence-electron chi connectivity index (χ0n) is 18.6. The monoisotopic (exact) mass is 422 g/mol. The summed E-state index contributed by atoms with van der Waals surface area (Å²) in [6, 6.07) is 12.5. The van der Waals surface area contributed by atoms with Gasteiger partial charge in [-0.2, -0.15) is 5.10 Å². The predicted molar refractivity (Wildman–Crippen MR) is 122 cm³/mol. The molecule has 0 saturated carbocycles. The predicted octanol–water partition coefficient (Wildman–Crippen LogP) is 3.76. The van der Waals surface area contributed by atoms with Gasteiger partial charge < -0.3 is 4.90 Å². The van der Waals surface area contributed by atoms with E-state index >= 15 is 0 Å². The lowest BCUT2D eigenvalue weighted by atomic mass is 9.95. The Balaban J connectivity index is 1.59. The summed E-state index contributed by atoms with van der Waals surface area (Å²) in [5.74, 6) is -0.364. The van der Waals surface area contributed by atoms with Crippen molar-refractivity contribution in [1.29, 1.82) is 0 Å². The number of nitrogens with zero attached hydrogens (tertiary/aromatic N) is 4. The largest absolute Gasteiger partial charge is 0.301 e. The quantitative estimate of drug-likeness (QED) is 0.737. The van der Waals surface area contributed by atoms with E-state index in [1.54, 1.807) is 12.1 Å². The minimum atomic E-state index is -0.415. The van der Waals surface area contributed by atoms with Crippen LogP contribution in [0.5, 0.6) is 0 Å². The molecule has 2 aromatic rings. The summed E-state index contributed by atoms with van der Waals surface area (Å²) in [5.41, 5.74) is 4.70. The highest BCUT2D eigenvalue weighted by Crippen LogP contribution is 2.35. The van der Waals surface area contributed by atoms with Gasteiger partial charge in [0.15, 0.2) is 0 Å². The van der Waals surface area contributed by atoms with Crippen molar-refractivity contribution in [2.24, 2.45) is 5.10 Å². The number of likely N-dealkylation sites (N-methyl/N-ethyl adjacent to an activating group) is 1. The number of aryl methyl sites for hydroxylation is 2. The third-order valence-electron chi connectivity index (χ3n) is 6.39. The molecule has 1 atom stereocenters. The van der Waals surface area contributed by atoms with Crippen LogP contribution < -0.4 is 0 Å². The standard InChI is InChI=1S/C25H31FN4O/c1-4-28-11-13-29(14-12-28)17-25(31)30-24(21-7-5-6-8-22(21)26)16-23(27-30)20-10-9-18(2)15-19(20)3/h5-10,15,24H,4,11-14,16-17H2,1-3H3/t24-/m0/s1. The van der Waals surface area contributed by atoms with E-state index in [4.69, 9.17) is 5.10 Å². The fraction of sp³-hybridized carbons (Fsp3) is 0.440. The Labute approximate surface area is 184 Å². The first-order valence-electron chi connectivity index (χ1n) is 11.1. The average molecular weight is 423 g/mol. The summed E-state index contributed by atoms with van der Waals surface area (Å²) in [7, 11) is 0. The highest BCUT2D eigenvalue weighted by molar-refractivity contribution is 6.04. The van der Waals surface area contributed by atoms with Gasteiger partial charge >= 0.3 is 0 Å². The van der Waals surface area contributed by atoms with Gasteiger partial charge in [0.1, 0.15) is 5.82 Å².